The number of pyridine rings is 1. The molecule has 6 nitrogen and oxygen atoms in total. The quantitative estimate of drug-likeness (QED) is 0.297. The summed E-state index contributed by atoms with van der Waals surface area (Å²) >= 11 is 0. The molecule has 2 aliphatic rings. The molecule has 2 aromatic carbocycles. The number of carboxylic acid groups (broad SMARTS) is 1. The van der Waals surface area contributed by atoms with Crippen LogP contribution in [0.25, 0.3) is 11.1 Å². The topological polar surface area (TPSA) is 65.9 Å². The molecule has 3 heterocycles. The van der Waals surface area contributed by atoms with Crippen molar-refractivity contribution >= 4 is 11.7 Å². The number of rotatable bonds is 7. The molecule has 0 saturated carbocycles. The van der Waals surface area contributed by atoms with Crippen LogP contribution < -0.4 is 4.90 Å². The number of aliphatic carboxylic acids is 1. The average Bonchev–Trinajstić information content (AvgIpc) is 2.93. The highest BCUT2D eigenvalue weighted by molar-refractivity contribution is 5.88. The lowest BCUT2D eigenvalue weighted by Gasteiger charge is -2.41. The first kappa shape index (κ1) is 32.2. The molecule has 3 aromatic rings. The Labute approximate surface area is 264 Å². The van der Waals surface area contributed by atoms with Crippen LogP contribution in [0.3, 0.4) is 0 Å². The predicted molar refractivity (Wildman–Crippen MR) is 179 cm³/mol. The van der Waals surface area contributed by atoms with E-state index >= 15 is 0 Å². The van der Waals surface area contributed by atoms with Gasteiger partial charge in [-0.1, -0.05) is 50.2 Å². The Morgan fingerprint density at radius 3 is 2.36 bits per heavy atom. The Bertz CT molecular complexity index is 1540. The van der Waals surface area contributed by atoms with Crippen molar-refractivity contribution in [2.75, 3.05) is 24.5 Å². The summed E-state index contributed by atoms with van der Waals surface area (Å²) < 4.78 is 6.26. The fourth-order valence-electron chi connectivity index (χ4n) is 6.88. The van der Waals surface area contributed by atoms with E-state index in [9.17, 15) is 9.90 Å². The van der Waals surface area contributed by atoms with E-state index in [4.69, 9.17) is 9.72 Å². The van der Waals surface area contributed by atoms with E-state index < -0.39 is 17.7 Å². The standard InChI is InChI=1S/C38H51N3O3/c1-24-11-10-12-30(25(24)2)22-40-18-15-28-21-29(13-14-31(28)23-40)32-26(3)39-27(4)33(35(36(42)43)44-37(5,6)7)34(32)41-19-16-38(8,9)17-20-41/h10-14,21,35H,15-20,22-23H2,1-9H3,(H,42,43)/t35-/m0/s1. The van der Waals surface area contributed by atoms with Crippen molar-refractivity contribution < 1.29 is 14.6 Å². The van der Waals surface area contributed by atoms with E-state index in [0.29, 0.717) is 5.56 Å². The highest BCUT2D eigenvalue weighted by atomic mass is 16.5. The minimum absolute atomic E-state index is 0.261. The molecule has 1 atom stereocenters. The zero-order valence-electron chi connectivity index (χ0n) is 28.3. The van der Waals surface area contributed by atoms with Gasteiger partial charge in [0, 0.05) is 55.2 Å². The van der Waals surface area contributed by atoms with E-state index in [1.165, 1.54) is 27.8 Å². The number of aryl methyl sites for hydroxylation is 3. The van der Waals surface area contributed by atoms with Crippen LogP contribution >= 0.6 is 0 Å². The first-order chi connectivity index (χ1) is 20.6. The van der Waals surface area contributed by atoms with Crippen molar-refractivity contribution in [2.24, 2.45) is 5.41 Å². The maximum atomic E-state index is 12.8. The largest absolute Gasteiger partial charge is 0.479 e. The van der Waals surface area contributed by atoms with Crippen molar-refractivity contribution in [1.82, 2.24) is 9.88 Å². The maximum absolute atomic E-state index is 12.8. The van der Waals surface area contributed by atoms with Gasteiger partial charge in [0.2, 0.25) is 0 Å². The summed E-state index contributed by atoms with van der Waals surface area (Å²) in [6.45, 7) is 23.4. The smallest absolute Gasteiger partial charge is 0.337 e. The number of anilines is 1. The third-order valence-electron chi connectivity index (χ3n) is 9.67. The first-order valence-corrected chi connectivity index (χ1v) is 16.2. The molecule has 44 heavy (non-hydrogen) atoms. The van der Waals surface area contributed by atoms with Gasteiger partial charge in [0.05, 0.1) is 11.3 Å². The lowest BCUT2D eigenvalue weighted by Crippen LogP contribution is -2.39. The number of hydrogen-bond donors (Lipinski definition) is 1. The molecule has 236 valence electrons. The second kappa shape index (κ2) is 12.3. The summed E-state index contributed by atoms with van der Waals surface area (Å²) in [7, 11) is 0. The monoisotopic (exact) mass is 597 g/mol. The lowest BCUT2D eigenvalue weighted by molar-refractivity contribution is -0.160. The Morgan fingerprint density at radius 2 is 1.70 bits per heavy atom. The summed E-state index contributed by atoms with van der Waals surface area (Å²) in [6, 6.07) is 13.4. The minimum atomic E-state index is -1.11. The van der Waals surface area contributed by atoms with Gasteiger partial charge < -0.3 is 14.7 Å². The average molecular weight is 598 g/mol. The number of ether oxygens (including phenoxy) is 1. The number of carboxylic acids is 1. The van der Waals surface area contributed by atoms with Crippen molar-refractivity contribution in [3.8, 4) is 11.1 Å². The summed E-state index contributed by atoms with van der Waals surface area (Å²) in [5, 5.41) is 10.5. The first-order valence-electron chi connectivity index (χ1n) is 16.2. The van der Waals surface area contributed by atoms with Gasteiger partial charge >= 0.3 is 5.97 Å². The molecular formula is C38H51N3O3. The molecule has 0 unspecified atom stereocenters. The lowest BCUT2D eigenvalue weighted by atomic mass is 9.81. The fraction of sp³-hybridized carbons (Fsp3) is 0.526. The van der Waals surface area contributed by atoms with Crippen LogP contribution in [0.15, 0.2) is 36.4 Å². The highest BCUT2D eigenvalue weighted by Gasteiger charge is 2.36. The molecule has 1 aromatic heterocycles. The van der Waals surface area contributed by atoms with Crippen LogP contribution in [0.1, 0.15) is 98.3 Å². The third-order valence-corrected chi connectivity index (χ3v) is 9.67. The normalized spacial score (nSPS) is 17.8. The molecule has 0 bridgehead atoms. The van der Waals surface area contributed by atoms with Crippen LogP contribution in [0, 0.1) is 33.1 Å². The SMILES string of the molecule is Cc1cccc(CN2CCc3cc(-c4c(C)nc(C)c([C@H](OC(C)(C)C)C(=O)O)c4N4CCC(C)(C)CC4)ccc3C2)c1C. The molecule has 1 saturated heterocycles. The Morgan fingerprint density at radius 1 is 1.00 bits per heavy atom. The van der Waals surface area contributed by atoms with Gasteiger partial charge in [-0.15, -0.1) is 0 Å². The van der Waals surface area contributed by atoms with Crippen LogP contribution in [-0.2, 0) is 29.0 Å². The second-order valence-electron chi connectivity index (χ2n) is 14.8. The highest BCUT2D eigenvalue weighted by Crippen LogP contribution is 2.45. The summed E-state index contributed by atoms with van der Waals surface area (Å²) in [5.41, 5.74) is 12.0. The molecule has 0 radical (unpaired) electrons. The fourth-order valence-corrected chi connectivity index (χ4v) is 6.88. The maximum Gasteiger partial charge on any atom is 0.337 e. The second-order valence-corrected chi connectivity index (χ2v) is 14.8. The van der Waals surface area contributed by atoms with Gasteiger partial charge in [0.15, 0.2) is 6.10 Å². The third kappa shape index (κ3) is 6.87. The molecule has 0 amide bonds. The molecule has 0 spiro atoms. The van der Waals surface area contributed by atoms with E-state index in [0.717, 1.165) is 80.2 Å². The van der Waals surface area contributed by atoms with Crippen LogP contribution in [-0.4, -0.2) is 46.2 Å². The molecule has 6 heteroatoms. The van der Waals surface area contributed by atoms with Gasteiger partial charge in [-0.2, -0.15) is 0 Å². The van der Waals surface area contributed by atoms with Crippen molar-refractivity contribution in [3.05, 3.63) is 81.2 Å². The van der Waals surface area contributed by atoms with Gasteiger partial charge in [0.25, 0.3) is 0 Å². The number of aromatic nitrogens is 1. The summed E-state index contributed by atoms with van der Waals surface area (Å²) in [5.74, 6) is -0.979. The van der Waals surface area contributed by atoms with Crippen molar-refractivity contribution in [2.45, 2.75) is 106 Å². The summed E-state index contributed by atoms with van der Waals surface area (Å²) in [4.78, 5) is 22.7. The van der Waals surface area contributed by atoms with Gasteiger partial charge in [0.1, 0.15) is 0 Å². The van der Waals surface area contributed by atoms with E-state index in [1.54, 1.807) is 0 Å². The molecule has 2 aliphatic heterocycles. The van der Waals surface area contributed by atoms with Crippen LogP contribution in [0.4, 0.5) is 5.69 Å². The molecular weight excluding hydrogens is 546 g/mol. The Kier molecular flexibility index (Phi) is 8.99. The van der Waals surface area contributed by atoms with Crippen molar-refractivity contribution in [3.63, 3.8) is 0 Å². The van der Waals surface area contributed by atoms with Crippen molar-refractivity contribution in [1.29, 1.82) is 0 Å². The predicted octanol–water partition coefficient (Wildman–Crippen LogP) is 8.11. The zero-order chi connectivity index (χ0) is 32.0. The minimum Gasteiger partial charge on any atom is -0.479 e. The molecule has 5 rings (SSSR count). The van der Waals surface area contributed by atoms with Crippen LogP contribution in [0.2, 0.25) is 0 Å². The van der Waals surface area contributed by atoms with Gasteiger partial charge in [-0.3, -0.25) is 9.88 Å². The molecule has 1 fully saturated rings. The van der Waals surface area contributed by atoms with Gasteiger partial charge in [-0.05, 0) is 107 Å². The van der Waals surface area contributed by atoms with E-state index in [1.807, 2.05) is 27.7 Å². The Balaban J connectivity index is 1.57. The Hall–Kier alpha value is -3.22. The molecule has 0 aliphatic carbocycles. The number of benzene rings is 2. The number of hydrogen-bond acceptors (Lipinski definition) is 5. The van der Waals surface area contributed by atoms with E-state index in [2.05, 4.69) is 80.8 Å². The van der Waals surface area contributed by atoms with Crippen LogP contribution in [0.5, 0.6) is 0 Å². The number of fused-ring (bicyclic) bond motifs is 1. The molecule has 1 N–H and O–H groups in total. The zero-order valence-corrected chi connectivity index (χ0v) is 28.3. The number of nitrogens with zero attached hydrogens (tertiary/aromatic N) is 3. The number of piperidine rings is 1. The van der Waals surface area contributed by atoms with Gasteiger partial charge in [-0.25, -0.2) is 4.79 Å². The number of carbonyl (C=O) groups is 1. The van der Waals surface area contributed by atoms with E-state index in [-0.39, 0.29) is 5.41 Å². The summed E-state index contributed by atoms with van der Waals surface area (Å²) in [6.07, 6.45) is 1.97.